The molecule has 1 aromatic heterocycles. The van der Waals surface area contributed by atoms with Crippen LogP contribution >= 0.6 is 15.9 Å². The zero-order valence-corrected chi connectivity index (χ0v) is 11.5. The molecule has 18 heavy (non-hydrogen) atoms. The van der Waals surface area contributed by atoms with E-state index in [1.165, 1.54) is 0 Å². The quantitative estimate of drug-likeness (QED) is 0.916. The molecular formula is C12H12BrN3O2. The minimum atomic E-state index is -0.229. The van der Waals surface area contributed by atoms with Crippen LogP contribution in [-0.4, -0.2) is 23.2 Å². The van der Waals surface area contributed by atoms with E-state index in [-0.39, 0.29) is 5.91 Å². The van der Waals surface area contributed by atoms with Crippen LogP contribution in [0.25, 0.3) is 0 Å². The fraction of sp³-hybridized carbons (Fsp3) is 0.167. The van der Waals surface area contributed by atoms with Crippen molar-refractivity contribution < 1.29 is 9.53 Å². The molecule has 2 rings (SSSR count). The van der Waals surface area contributed by atoms with E-state index in [4.69, 9.17) is 4.74 Å². The van der Waals surface area contributed by atoms with Gasteiger partial charge in [0, 0.05) is 10.0 Å². The predicted molar refractivity (Wildman–Crippen MR) is 72.0 cm³/mol. The van der Waals surface area contributed by atoms with E-state index in [0.29, 0.717) is 21.6 Å². The van der Waals surface area contributed by atoms with Crippen molar-refractivity contribution in [3.63, 3.8) is 0 Å². The van der Waals surface area contributed by atoms with Crippen molar-refractivity contribution in [1.82, 2.24) is 10.2 Å². The summed E-state index contributed by atoms with van der Waals surface area (Å²) < 4.78 is 5.80. The SMILES string of the molecule is COc1ccc(Br)c(C(=O)Nc2[nH]ncc2C)c1. The number of aryl methyl sites for hydroxylation is 1. The molecule has 2 N–H and O–H groups in total. The summed E-state index contributed by atoms with van der Waals surface area (Å²) in [5, 5.41) is 9.33. The lowest BCUT2D eigenvalue weighted by molar-refractivity contribution is 0.102. The Labute approximate surface area is 113 Å². The van der Waals surface area contributed by atoms with Gasteiger partial charge in [0.1, 0.15) is 11.6 Å². The summed E-state index contributed by atoms with van der Waals surface area (Å²) in [5.41, 5.74) is 1.38. The minimum Gasteiger partial charge on any atom is -0.497 e. The van der Waals surface area contributed by atoms with Gasteiger partial charge in [-0.15, -0.1) is 0 Å². The number of aromatic amines is 1. The van der Waals surface area contributed by atoms with Crippen LogP contribution < -0.4 is 10.1 Å². The number of rotatable bonds is 3. The van der Waals surface area contributed by atoms with E-state index in [9.17, 15) is 4.79 Å². The number of halogens is 1. The number of aromatic nitrogens is 2. The lowest BCUT2D eigenvalue weighted by Gasteiger charge is -2.07. The minimum absolute atomic E-state index is 0.229. The Balaban J connectivity index is 2.26. The lowest BCUT2D eigenvalue weighted by Crippen LogP contribution is -2.13. The van der Waals surface area contributed by atoms with Gasteiger partial charge in [-0.3, -0.25) is 9.89 Å². The number of carbonyl (C=O) groups excluding carboxylic acids is 1. The highest BCUT2D eigenvalue weighted by Gasteiger charge is 2.13. The number of carbonyl (C=O) groups is 1. The van der Waals surface area contributed by atoms with Crippen molar-refractivity contribution in [2.24, 2.45) is 0 Å². The summed E-state index contributed by atoms with van der Waals surface area (Å²) in [7, 11) is 1.56. The molecule has 1 amide bonds. The standard InChI is InChI=1S/C12H12BrN3O2/c1-7-6-14-16-11(7)15-12(17)9-5-8(18-2)3-4-10(9)13/h3-6H,1-2H3,(H2,14,15,16,17). The van der Waals surface area contributed by atoms with Crippen LogP contribution in [0.4, 0.5) is 5.82 Å². The number of benzene rings is 1. The summed E-state index contributed by atoms with van der Waals surface area (Å²) in [6.45, 7) is 1.86. The molecule has 1 aromatic carbocycles. The third kappa shape index (κ3) is 2.53. The number of H-pyrrole nitrogens is 1. The smallest absolute Gasteiger partial charge is 0.258 e. The van der Waals surface area contributed by atoms with Crippen molar-refractivity contribution in [2.45, 2.75) is 6.92 Å². The molecule has 0 radical (unpaired) electrons. The Morgan fingerprint density at radius 2 is 2.28 bits per heavy atom. The first-order valence-electron chi connectivity index (χ1n) is 5.26. The highest BCUT2D eigenvalue weighted by atomic mass is 79.9. The second kappa shape index (κ2) is 5.22. The largest absolute Gasteiger partial charge is 0.497 e. The van der Waals surface area contributed by atoms with Gasteiger partial charge >= 0.3 is 0 Å². The van der Waals surface area contributed by atoms with Crippen molar-refractivity contribution in [3.8, 4) is 5.75 Å². The van der Waals surface area contributed by atoms with Gasteiger partial charge in [0.05, 0.1) is 18.9 Å². The van der Waals surface area contributed by atoms with E-state index in [0.717, 1.165) is 5.56 Å². The van der Waals surface area contributed by atoms with Crippen LogP contribution in [0.3, 0.4) is 0 Å². The average molecular weight is 310 g/mol. The topological polar surface area (TPSA) is 67.0 Å². The number of hydrogen-bond donors (Lipinski definition) is 2. The number of amides is 1. The molecule has 6 heteroatoms. The number of hydrogen-bond acceptors (Lipinski definition) is 3. The number of ether oxygens (including phenoxy) is 1. The molecule has 5 nitrogen and oxygen atoms in total. The van der Waals surface area contributed by atoms with Crippen molar-refractivity contribution in [1.29, 1.82) is 0 Å². The maximum Gasteiger partial charge on any atom is 0.258 e. The first-order chi connectivity index (χ1) is 8.61. The van der Waals surface area contributed by atoms with Crippen LogP contribution in [0.15, 0.2) is 28.9 Å². The van der Waals surface area contributed by atoms with Crippen LogP contribution in [0.2, 0.25) is 0 Å². The number of methoxy groups -OCH3 is 1. The van der Waals surface area contributed by atoms with Crippen molar-refractivity contribution in [2.75, 3.05) is 12.4 Å². The Morgan fingerprint density at radius 1 is 1.50 bits per heavy atom. The Morgan fingerprint density at radius 3 is 2.89 bits per heavy atom. The molecule has 0 aliphatic carbocycles. The maximum atomic E-state index is 12.1. The third-order valence-electron chi connectivity index (χ3n) is 2.49. The van der Waals surface area contributed by atoms with Crippen molar-refractivity contribution in [3.05, 3.63) is 40.0 Å². The Hall–Kier alpha value is -1.82. The monoisotopic (exact) mass is 309 g/mol. The molecule has 0 aliphatic heterocycles. The van der Waals surface area contributed by atoms with E-state index in [2.05, 4.69) is 31.4 Å². The molecule has 2 aromatic rings. The van der Waals surface area contributed by atoms with Crippen molar-refractivity contribution >= 4 is 27.7 Å². The fourth-order valence-corrected chi connectivity index (χ4v) is 1.89. The molecule has 0 unspecified atom stereocenters. The molecule has 94 valence electrons. The summed E-state index contributed by atoms with van der Waals surface area (Å²) in [5.74, 6) is 0.993. The lowest BCUT2D eigenvalue weighted by atomic mass is 10.2. The highest BCUT2D eigenvalue weighted by Crippen LogP contribution is 2.23. The van der Waals surface area contributed by atoms with Gasteiger partial charge < -0.3 is 10.1 Å². The predicted octanol–water partition coefficient (Wildman–Crippen LogP) is 2.74. The molecule has 0 saturated carbocycles. The first-order valence-corrected chi connectivity index (χ1v) is 6.06. The Kier molecular flexibility index (Phi) is 3.66. The average Bonchev–Trinajstić information content (AvgIpc) is 2.75. The van der Waals surface area contributed by atoms with E-state index in [1.807, 2.05) is 6.92 Å². The van der Waals surface area contributed by atoms with E-state index < -0.39 is 0 Å². The molecule has 0 bridgehead atoms. The van der Waals surface area contributed by atoms with Crippen LogP contribution in [0.1, 0.15) is 15.9 Å². The van der Waals surface area contributed by atoms with Gasteiger partial charge in [0.15, 0.2) is 0 Å². The molecule has 0 fully saturated rings. The zero-order valence-electron chi connectivity index (χ0n) is 9.95. The second-order valence-electron chi connectivity index (χ2n) is 3.73. The van der Waals surface area contributed by atoms with Gasteiger partial charge in [-0.2, -0.15) is 5.10 Å². The summed E-state index contributed by atoms with van der Waals surface area (Å²) in [4.78, 5) is 12.1. The molecule has 0 saturated heterocycles. The normalized spacial score (nSPS) is 10.2. The number of anilines is 1. The highest BCUT2D eigenvalue weighted by molar-refractivity contribution is 9.10. The first kappa shape index (κ1) is 12.6. The zero-order chi connectivity index (χ0) is 13.1. The molecule has 1 heterocycles. The summed E-state index contributed by atoms with van der Waals surface area (Å²) in [6.07, 6.45) is 1.65. The van der Waals surface area contributed by atoms with Crippen LogP contribution in [0.5, 0.6) is 5.75 Å². The van der Waals surface area contributed by atoms with Gasteiger partial charge in [-0.25, -0.2) is 0 Å². The molecular weight excluding hydrogens is 298 g/mol. The molecule has 0 atom stereocenters. The van der Waals surface area contributed by atoms with Gasteiger partial charge in [-0.05, 0) is 41.1 Å². The number of nitrogens with one attached hydrogen (secondary N) is 2. The van der Waals surface area contributed by atoms with Gasteiger partial charge in [0.25, 0.3) is 5.91 Å². The van der Waals surface area contributed by atoms with Crippen LogP contribution in [0, 0.1) is 6.92 Å². The summed E-state index contributed by atoms with van der Waals surface area (Å²) >= 11 is 3.34. The number of nitrogens with zero attached hydrogens (tertiary/aromatic N) is 1. The maximum absolute atomic E-state index is 12.1. The summed E-state index contributed by atoms with van der Waals surface area (Å²) in [6, 6.07) is 5.22. The van der Waals surface area contributed by atoms with Crippen LogP contribution in [-0.2, 0) is 0 Å². The van der Waals surface area contributed by atoms with Gasteiger partial charge in [-0.1, -0.05) is 0 Å². The van der Waals surface area contributed by atoms with Gasteiger partial charge in [0.2, 0.25) is 0 Å². The molecule has 0 spiro atoms. The third-order valence-corrected chi connectivity index (χ3v) is 3.18. The van der Waals surface area contributed by atoms with E-state index in [1.54, 1.807) is 31.5 Å². The Bertz CT molecular complexity index is 580. The second-order valence-corrected chi connectivity index (χ2v) is 4.58. The fourth-order valence-electron chi connectivity index (χ4n) is 1.46. The molecule has 0 aliphatic rings. The van der Waals surface area contributed by atoms with E-state index >= 15 is 0 Å².